The van der Waals surface area contributed by atoms with Gasteiger partial charge >= 0.3 is 18.7 Å². The molecule has 1 aromatic carbocycles. The first kappa shape index (κ1) is 25.1. The summed E-state index contributed by atoms with van der Waals surface area (Å²) in [5, 5.41) is -0.786. The third kappa shape index (κ3) is 5.70. The minimum absolute atomic E-state index is 0.254. The van der Waals surface area contributed by atoms with E-state index < -0.39 is 69.3 Å². The molecule has 2 heterocycles. The number of ether oxygens (including phenoxy) is 2. The van der Waals surface area contributed by atoms with Crippen molar-refractivity contribution in [2.24, 2.45) is 0 Å². The summed E-state index contributed by atoms with van der Waals surface area (Å²) in [4.78, 5) is 20.7. The van der Waals surface area contributed by atoms with E-state index in [1.165, 1.54) is 0 Å². The standard InChI is InChI=1S/C18H7ClF9N3O3/c19-9-4-3-7(6-8(9)16(20,21)22)33-12-13(17(23,24)25)30-14(31-15(12)32)11-10(2-1-5-29-11)34-18(26,27)28/h1-6H,(H,30,31,32). The molecule has 0 unspecified atom stereocenters. The Morgan fingerprint density at radius 3 is 2.21 bits per heavy atom. The van der Waals surface area contributed by atoms with Crippen LogP contribution in [-0.2, 0) is 12.4 Å². The van der Waals surface area contributed by atoms with Gasteiger partial charge < -0.3 is 14.5 Å². The number of aromatic amines is 1. The minimum atomic E-state index is -5.42. The summed E-state index contributed by atoms with van der Waals surface area (Å²) in [6.07, 6.45) is -14.8. The molecule has 0 fully saturated rings. The molecule has 6 nitrogen and oxygen atoms in total. The average Bonchev–Trinajstić information content (AvgIpc) is 2.68. The molecule has 0 bridgehead atoms. The average molecular weight is 520 g/mol. The zero-order valence-corrected chi connectivity index (χ0v) is 16.6. The van der Waals surface area contributed by atoms with Gasteiger partial charge in [-0.3, -0.25) is 4.79 Å². The number of nitrogens with zero attached hydrogens (tertiary/aromatic N) is 2. The van der Waals surface area contributed by atoms with Gasteiger partial charge in [-0.1, -0.05) is 11.6 Å². The lowest BCUT2D eigenvalue weighted by atomic mass is 10.2. The quantitative estimate of drug-likeness (QED) is 0.415. The summed E-state index contributed by atoms with van der Waals surface area (Å²) in [7, 11) is 0. The van der Waals surface area contributed by atoms with E-state index in [9.17, 15) is 44.3 Å². The number of aromatic nitrogens is 3. The van der Waals surface area contributed by atoms with Crippen molar-refractivity contribution in [2.75, 3.05) is 0 Å². The molecule has 0 amide bonds. The van der Waals surface area contributed by atoms with Crippen LogP contribution in [0.4, 0.5) is 39.5 Å². The number of H-pyrrole nitrogens is 1. The number of pyridine rings is 1. The van der Waals surface area contributed by atoms with Crippen LogP contribution in [0.3, 0.4) is 0 Å². The van der Waals surface area contributed by atoms with E-state index in [4.69, 9.17) is 16.3 Å². The Balaban J connectivity index is 2.14. The van der Waals surface area contributed by atoms with E-state index in [1.807, 2.05) is 0 Å². The van der Waals surface area contributed by atoms with Crippen LogP contribution in [0.2, 0.25) is 5.02 Å². The third-order valence-corrected chi connectivity index (χ3v) is 4.16. The number of hydrogen-bond acceptors (Lipinski definition) is 5. The highest BCUT2D eigenvalue weighted by Gasteiger charge is 2.40. The summed E-state index contributed by atoms with van der Waals surface area (Å²) in [5.41, 5.74) is -6.08. The Kier molecular flexibility index (Phi) is 6.43. The largest absolute Gasteiger partial charge is 0.573 e. The molecule has 0 aliphatic heterocycles. The van der Waals surface area contributed by atoms with Gasteiger partial charge in [0.05, 0.1) is 10.6 Å². The molecule has 0 spiro atoms. The second kappa shape index (κ2) is 8.70. The van der Waals surface area contributed by atoms with E-state index >= 15 is 0 Å². The SMILES string of the molecule is O=c1[nH]c(-c2ncccc2OC(F)(F)F)nc(C(F)(F)F)c1Oc1ccc(Cl)c(C(F)(F)F)c1. The molecule has 182 valence electrons. The smallest absolute Gasteiger partial charge is 0.449 e. The van der Waals surface area contributed by atoms with E-state index in [1.54, 1.807) is 4.98 Å². The van der Waals surface area contributed by atoms with Crippen LogP contribution in [0.25, 0.3) is 11.5 Å². The number of nitrogens with one attached hydrogen (secondary N) is 1. The molecule has 0 aliphatic carbocycles. The summed E-state index contributed by atoms with van der Waals surface area (Å²) in [6.45, 7) is 0. The van der Waals surface area contributed by atoms with Crippen molar-refractivity contribution in [3.63, 3.8) is 0 Å². The van der Waals surface area contributed by atoms with Gasteiger partial charge in [-0.15, -0.1) is 13.2 Å². The number of rotatable bonds is 4. The van der Waals surface area contributed by atoms with Crippen molar-refractivity contribution in [3.8, 4) is 28.8 Å². The highest BCUT2D eigenvalue weighted by molar-refractivity contribution is 6.31. The number of alkyl halides is 9. The molecule has 1 N–H and O–H groups in total. The van der Waals surface area contributed by atoms with Gasteiger partial charge in [0.2, 0.25) is 5.75 Å². The summed E-state index contributed by atoms with van der Waals surface area (Å²) in [5.74, 6) is -4.56. The van der Waals surface area contributed by atoms with Gasteiger partial charge in [-0.2, -0.15) is 26.3 Å². The van der Waals surface area contributed by atoms with E-state index in [0.717, 1.165) is 18.3 Å². The molecule has 3 rings (SSSR count). The molecular weight excluding hydrogens is 513 g/mol. The third-order valence-electron chi connectivity index (χ3n) is 3.83. The fourth-order valence-corrected chi connectivity index (χ4v) is 2.76. The first-order valence-corrected chi connectivity index (χ1v) is 8.91. The normalized spacial score (nSPS) is 12.5. The first-order valence-electron chi connectivity index (χ1n) is 8.53. The van der Waals surface area contributed by atoms with Crippen molar-refractivity contribution in [2.45, 2.75) is 18.7 Å². The number of halogens is 10. The number of benzene rings is 1. The Morgan fingerprint density at radius 1 is 0.941 bits per heavy atom. The Bertz CT molecular complexity index is 1270. The maximum Gasteiger partial charge on any atom is 0.573 e. The van der Waals surface area contributed by atoms with Gasteiger partial charge in [0.15, 0.2) is 17.3 Å². The van der Waals surface area contributed by atoms with Crippen LogP contribution < -0.4 is 15.0 Å². The second-order valence-electron chi connectivity index (χ2n) is 6.23. The zero-order valence-electron chi connectivity index (χ0n) is 15.9. The number of hydrogen-bond donors (Lipinski definition) is 1. The van der Waals surface area contributed by atoms with Crippen LogP contribution in [-0.4, -0.2) is 21.3 Å². The fourth-order valence-electron chi connectivity index (χ4n) is 2.54. The van der Waals surface area contributed by atoms with Crippen molar-refractivity contribution in [3.05, 3.63) is 63.2 Å². The van der Waals surface area contributed by atoms with E-state index in [0.29, 0.717) is 12.1 Å². The Labute approximate surface area is 186 Å². The van der Waals surface area contributed by atoms with Crippen LogP contribution in [0.1, 0.15) is 11.3 Å². The molecule has 0 radical (unpaired) electrons. The summed E-state index contributed by atoms with van der Waals surface area (Å²) < 4.78 is 126. The van der Waals surface area contributed by atoms with Crippen molar-refractivity contribution >= 4 is 11.6 Å². The first-order chi connectivity index (χ1) is 15.6. The van der Waals surface area contributed by atoms with Crippen LogP contribution in [0.15, 0.2) is 41.3 Å². The van der Waals surface area contributed by atoms with Crippen LogP contribution >= 0.6 is 11.6 Å². The van der Waals surface area contributed by atoms with Gasteiger partial charge in [0.25, 0.3) is 5.56 Å². The Morgan fingerprint density at radius 2 is 1.62 bits per heavy atom. The van der Waals surface area contributed by atoms with Crippen LogP contribution in [0.5, 0.6) is 17.2 Å². The molecule has 0 saturated heterocycles. The highest BCUT2D eigenvalue weighted by atomic mass is 35.5. The van der Waals surface area contributed by atoms with Gasteiger partial charge in [-0.05, 0) is 30.3 Å². The topological polar surface area (TPSA) is 77.1 Å². The van der Waals surface area contributed by atoms with Crippen molar-refractivity contribution in [1.29, 1.82) is 0 Å². The lowest BCUT2D eigenvalue weighted by Gasteiger charge is -2.16. The van der Waals surface area contributed by atoms with Crippen LogP contribution in [0, 0.1) is 0 Å². The molecular formula is C18H7ClF9N3O3. The molecule has 0 aliphatic rings. The maximum atomic E-state index is 13.6. The molecule has 0 saturated carbocycles. The molecule has 2 aromatic heterocycles. The summed E-state index contributed by atoms with van der Waals surface area (Å²) >= 11 is 5.43. The van der Waals surface area contributed by atoms with Gasteiger partial charge in [0, 0.05) is 6.20 Å². The van der Waals surface area contributed by atoms with E-state index in [-0.39, 0.29) is 6.07 Å². The second-order valence-corrected chi connectivity index (χ2v) is 6.64. The lowest BCUT2D eigenvalue weighted by molar-refractivity contribution is -0.274. The van der Waals surface area contributed by atoms with Crippen molar-refractivity contribution < 1.29 is 49.0 Å². The highest BCUT2D eigenvalue weighted by Crippen LogP contribution is 2.40. The predicted molar refractivity (Wildman–Crippen MR) is 96.3 cm³/mol. The minimum Gasteiger partial charge on any atom is -0.449 e. The predicted octanol–water partition coefficient (Wildman–Crippen LogP) is 6.21. The lowest BCUT2D eigenvalue weighted by Crippen LogP contribution is -2.22. The molecule has 0 atom stereocenters. The zero-order chi connectivity index (χ0) is 25.5. The van der Waals surface area contributed by atoms with Gasteiger partial charge in [-0.25, -0.2) is 9.97 Å². The van der Waals surface area contributed by atoms with Gasteiger partial charge in [0.1, 0.15) is 11.4 Å². The molecule has 16 heteroatoms. The van der Waals surface area contributed by atoms with Crippen molar-refractivity contribution in [1.82, 2.24) is 15.0 Å². The monoisotopic (exact) mass is 519 g/mol. The van der Waals surface area contributed by atoms with E-state index in [2.05, 4.69) is 14.7 Å². The Hall–Kier alpha value is -3.49. The summed E-state index contributed by atoms with van der Waals surface area (Å²) in [6, 6.07) is 3.38. The fraction of sp³-hybridized carbons (Fsp3) is 0.167. The molecule has 34 heavy (non-hydrogen) atoms. The maximum absolute atomic E-state index is 13.6. The molecule has 3 aromatic rings.